The Bertz CT molecular complexity index is 615. The van der Waals surface area contributed by atoms with Crippen LogP contribution in [0.3, 0.4) is 0 Å². The molecule has 17 heavy (non-hydrogen) atoms. The minimum absolute atomic E-state index is 0.0204. The summed E-state index contributed by atoms with van der Waals surface area (Å²) in [6.45, 7) is 4.33. The maximum atomic E-state index is 12.0. The first-order valence-electron chi connectivity index (χ1n) is 5.33. The van der Waals surface area contributed by atoms with Crippen LogP contribution in [0.4, 0.5) is 0 Å². The molecule has 0 aliphatic carbocycles. The number of rotatable bonds is 3. The van der Waals surface area contributed by atoms with Crippen molar-refractivity contribution >= 4 is 27.5 Å². The monoisotopic (exact) mass is 251 g/mol. The minimum Gasteiger partial charge on any atom is -0.355 e. The Morgan fingerprint density at radius 1 is 1.59 bits per heavy atom. The van der Waals surface area contributed by atoms with Gasteiger partial charge in [-0.2, -0.15) is 0 Å². The number of aromatic nitrogens is 2. The van der Waals surface area contributed by atoms with Gasteiger partial charge in [-0.1, -0.05) is 0 Å². The molecule has 2 rings (SSSR count). The average molecular weight is 251 g/mol. The summed E-state index contributed by atoms with van der Waals surface area (Å²) in [5.74, 6) is -0.177. The lowest BCUT2D eigenvalue weighted by molar-refractivity contribution is -0.121. The van der Waals surface area contributed by atoms with E-state index in [1.807, 2.05) is 19.2 Å². The third-order valence-electron chi connectivity index (χ3n) is 2.41. The Morgan fingerprint density at radius 3 is 3.06 bits per heavy atom. The van der Waals surface area contributed by atoms with Crippen LogP contribution in [0.2, 0.25) is 0 Å². The van der Waals surface area contributed by atoms with Crippen molar-refractivity contribution in [2.45, 2.75) is 20.4 Å². The number of thiophene rings is 1. The van der Waals surface area contributed by atoms with Crippen LogP contribution in [0.25, 0.3) is 10.2 Å². The molecule has 90 valence electrons. The van der Waals surface area contributed by atoms with Crippen molar-refractivity contribution in [1.29, 1.82) is 0 Å². The van der Waals surface area contributed by atoms with E-state index in [0.717, 1.165) is 11.1 Å². The van der Waals surface area contributed by atoms with Gasteiger partial charge in [-0.25, -0.2) is 4.98 Å². The quantitative estimate of drug-likeness (QED) is 0.881. The average Bonchev–Trinajstić information content (AvgIpc) is 2.66. The Morgan fingerprint density at radius 2 is 2.35 bits per heavy atom. The van der Waals surface area contributed by atoms with E-state index in [9.17, 15) is 9.59 Å². The summed E-state index contributed by atoms with van der Waals surface area (Å²) in [5, 5.41) is 4.55. The van der Waals surface area contributed by atoms with Crippen LogP contribution >= 0.6 is 11.3 Å². The molecule has 0 fully saturated rings. The molecule has 0 spiro atoms. The van der Waals surface area contributed by atoms with E-state index in [1.54, 1.807) is 0 Å². The Balaban J connectivity index is 2.40. The second kappa shape index (κ2) is 4.67. The van der Waals surface area contributed by atoms with Gasteiger partial charge in [-0.05, 0) is 24.8 Å². The SMILES string of the molecule is CCNC(=O)Cn1cnc2c(C)csc2c1=O. The van der Waals surface area contributed by atoms with E-state index >= 15 is 0 Å². The molecule has 1 amide bonds. The lowest BCUT2D eigenvalue weighted by atomic mass is 10.3. The Hall–Kier alpha value is -1.69. The molecular formula is C11H13N3O2S. The lowest BCUT2D eigenvalue weighted by Crippen LogP contribution is -2.32. The first kappa shape index (κ1) is 11.8. The Labute approximate surface area is 102 Å². The first-order chi connectivity index (χ1) is 8.13. The van der Waals surface area contributed by atoms with Gasteiger partial charge >= 0.3 is 0 Å². The van der Waals surface area contributed by atoms with Crippen LogP contribution in [0.1, 0.15) is 12.5 Å². The molecule has 0 bridgehead atoms. The smallest absolute Gasteiger partial charge is 0.271 e. The second-order valence-electron chi connectivity index (χ2n) is 3.73. The summed E-state index contributed by atoms with van der Waals surface area (Å²) < 4.78 is 1.94. The molecule has 0 aromatic carbocycles. The highest BCUT2D eigenvalue weighted by Gasteiger charge is 2.10. The standard InChI is InChI=1S/C11H13N3O2S/c1-3-12-8(15)4-14-6-13-9-7(2)5-17-10(9)11(14)16/h5-6H,3-4H2,1-2H3,(H,12,15). The van der Waals surface area contributed by atoms with Crippen molar-refractivity contribution in [3.63, 3.8) is 0 Å². The minimum atomic E-state index is -0.177. The van der Waals surface area contributed by atoms with Crippen LogP contribution in [0.15, 0.2) is 16.5 Å². The van der Waals surface area contributed by atoms with Crippen molar-refractivity contribution in [3.8, 4) is 0 Å². The van der Waals surface area contributed by atoms with Crippen LogP contribution < -0.4 is 10.9 Å². The molecule has 0 aliphatic rings. The maximum Gasteiger partial charge on any atom is 0.271 e. The highest BCUT2D eigenvalue weighted by Crippen LogP contribution is 2.19. The van der Waals surface area contributed by atoms with Crippen LogP contribution in [0.5, 0.6) is 0 Å². The molecule has 0 atom stereocenters. The molecule has 0 saturated heterocycles. The molecule has 0 saturated carbocycles. The lowest BCUT2D eigenvalue weighted by Gasteiger charge is -2.04. The number of amides is 1. The number of hydrogen-bond acceptors (Lipinski definition) is 4. The van der Waals surface area contributed by atoms with E-state index in [0.29, 0.717) is 11.2 Å². The molecule has 0 aliphatic heterocycles. The molecule has 0 radical (unpaired) electrons. The molecule has 6 heteroatoms. The van der Waals surface area contributed by atoms with Gasteiger partial charge in [0.25, 0.3) is 5.56 Å². The van der Waals surface area contributed by atoms with E-state index in [1.165, 1.54) is 22.2 Å². The van der Waals surface area contributed by atoms with Gasteiger partial charge in [0.15, 0.2) is 0 Å². The van der Waals surface area contributed by atoms with Gasteiger partial charge in [-0.15, -0.1) is 11.3 Å². The van der Waals surface area contributed by atoms with Crippen LogP contribution in [-0.2, 0) is 11.3 Å². The van der Waals surface area contributed by atoms with Crippen molar-refractivity contribution in [2.24, 2.45) is 0 Å². The summed E-state index contributed by atoms with van der Waals surface area (Å²) in [7, 11) is 0. The zero-order valence-electron chi connectivity index (χ0n) is 9.69. The van der Waals surface area contributed by atoms with Gasteiger partial charge in [0.05, 0.1) is 11.8 Å². The number of hydrogen-bond donors (Lipinski definition) is 1. The summed E-state index contributed by atoms with van der Waals surface area (Å²) in [4.78, 5) is 27.7. The first-order valence-corrected chi connectivity index (χ1v) is 6.21. The third kappa shape index (κ3) is 2.21. The van der Waals surface area contributed by atoms with Crippen molar-refractivity contribution in [2.75, 3.05) is 6.54 Å². The van der Waals surface area contributed by atoms with E-state index < -0.39 is 0 Å². The maximum absolute atomic E-state index is 12.0. The normalized spacial score (nSPS) is 10.7. The fourth-order valence-corrected chi connectivity index (χ4v) is 2.53. The van der Waals surface area contributed by atoms with Gasteiger partial charge in [0, 0.05) is 6.54 Å². The van der Waals surface area contributed by atoms with Crippen LogP contribution in [0, 0.1) is 6.92 Å². The summed E-state index contributed by atoms with van der Waals surface area (Å²) in [5.41, 5.74) is 1.57. The van der Waals surface area contributed by atoms with Crippen LogP contribution in [-0.4, -0.2) is 22.0 Å². The molecular weight excluding hydrogens is 238 g/mol. The number of carbonyl (C=O) groups excluding carboxylic acids is 1. The highest BCUT2D eigenvalue weighted by atomic mass is 32.1. The van der Waals surface area contributed by atoms with Gasteiger partial charge in [0.1, 0.15) is 11.2 Å². The second-order valence-corrected chi connectivity index (χ2v) is 4.61. The van der Waals surface area contributed by atoms with Crippen molar-refractivity contribution < 1.29 is 4.79 Å². The molecule has 1 N–H and O–H groups in total. The number of aryl methyl sites for hydroxylation is 1. The predicted octanol–water partition coefficient (Wildman–Crippen LogP) is 0.903. The van der Waals surface area contributed by atoms with Crippen molar-refractivity contribution in [3.05, 3.63) is 27.6 Å². The fraction of sp³-hybridized carbons (Fsp3) is 0.364. The Kier molecular flexibility index (Phi) is 3.23. The number of nitrogens with one attached hydrogen (secondary N) is 1. The molecule has 2 aromatic rings. The number of fused-ring (bicyclic) bond motifs is 1. The van der Waals surface area contributed by atoms with E-state index in [4.69, 9.17) is 0 Å². The molecule has 0 unspecified atom stereocenters. The molecule has 5 nitrogen and oxygen atoms in total. The third-order valence-corrected chi connectivity index (χ3v) is 3.49. The summed E-state index contributed by atoms with van der Waals surface area (Å²) in [6.07, 6.45) is 1.43. The van der Waals surface area contributed by atoms with E-state index in [-0.39, 0.29) is 18.0 Å². The summed E-state index contributed by atoms with van der Waals surface area (Å²) in [6, 6.07) is 0. The van der Waals surface area contributed by atoms with Crippen molar-refractivity contribution in [1.82, 2.24) is 14.9 Å². The zero-order valence-corrected chi connectivity index (χ0v) is 10.5. The van der Waals surface area contributed by atoms with Gasteiger partial charge in [0.2, 0.25) is 5.91 Å². The molecule has 2 heterocycles. The zero-order chi connectivity index (χ0) is 12.4. The number of likely N-dealkylation sites (N-methyl/N-ethyl adjacent to an activating group) is 1. The largest absolute Gasteiger partial charge is 0.355 e. The predicted molar refractivity (Wildman–Crippen MR) is 67.3 cm³/mol. The topological polar surface area (TPSA) is 64.0 Å². The number of nitrogens with zero attached hydrogens (tertiary/aromatic N) is 2. The van der Waals surface area contributed by atoms with E-state index in [2.05, 4.69) is 10.3 Å². The number of carbonyl (C=O) groups is 1. The highest BCUT2D eigenvalue weighted by molar-refractivity contribution is 7.17. The fourth-order valence-electron chi connectivity index (χ4n) is 1.58. The van der Waals surface area contributed by atoms with Gasteiger partial charge in [-0.3, -0.25) is 14.2 Å². The summed E-state index contributed by atoms with van der Waals surface area (Å²) >= 11 is 1.37. The van der Waals surface area contributed by atoms with Gasteiger partial charge < -0.3 is 5.32 Å². The molecule has 2 aromatic heterocycles.